The molecule has 0 aromatic heterocycles. The van der Waals surface area contributed by atoms with E-state index in [0.717, 1.165) is 29.9 Å². The van der Waals surface area contributed by atoms with Gasteiger partial charge in [0.2, 0.25) is 0 Å². The molecule has 1 aliphatic heterocycles. The highest BCUT2D eigenvalue weighted by atomic mass is 35.5. The zero-order valence-electron chi connectivity index (χ0n) is 11.9. The van der Waals surface area contributed by atoms with Gasteiger partial charge in [0.15, 0.2) is 0 Å². The summed E-state index contributed by atoms with van der Waals surface area (Å²) in [5.41, 5.74) is 3.58. The van der Waals surface area contributed by atoms with Gasteiger partial charge in [-0.15, -0.1) is 0 Å². The number of halogens is 1. The molecule has 3 rings (SSSR count). The summed E-state index contributed by atoms with van der Waals surface area (Å²) in [6.07, 6.45) is 0. The SMILES string of the molecule is Cc1cccc(C(=O)N2CCNCc3ccccc32)c1Cl. The monoisotopic (exact) mass is 300 g/mol. The number of para-hydroxylation sites is 1. The molecule has 0 bridgehead atoms. The van der Waals surface area contributed by atoms with Gasteiger partial charge in [0.1, 0.15) is 0 Å². The van der Waals surface area contributed by atoms with E-state index >= 15 is 0 Å². The van der Waals surface area contributed by atoms with E-state index < -0.39 is 0 Å². The van der Waals surface area contributed by atoms with Gasteiger partial charge in [-0.2, -0.15) is 0 Å². The Morgan fingerprint density at radius 2 is 2.00 bits per heavy atom. The number of benzene rings is 2. The lowest BCUT2D eigenvalue weighted by molar-refractivity contribution is 0.0987. The average molecular weight is 301 g/mol. The Hall–Kier alpha value is -1.84. The maximum Gasteiger partial charge on any atom is 0.259 e. The first-order valence-corrected chi connectivity index (χ1v) is 7.42. The number of fused-ring (bicyclic) bond motifs is 1. The third-order valence-electron chi connectivity index (χ3n) is 3.78. The Kier molecular flexibility index (Phi) is 3.95. The van der Waals surface area contributed by atoms with Crippen LogP contribution in [-0.4, -0.2) is 19.0 Å². The fraction of sp³-hybridized carbons (Fsp3) is 0.235. The Bertz CT molecular complexity index is 684. The standard InChI is InChI=1S/C17H17ClN2O/c1-12-5-4-7-14(16(12)18)17(21)20-10-9-19-11-13-6-2-3-8-15(13)20/h2-8,19H,9-11H2,1H3. The quantitative estimate of drug-likeness (QED) is 0.875. The lowest BCUT2D eigenvalue weighted by Gasteiger charge is -2.23. The highest BCUT2D eigenvalue weighted by molar-refractivity contribution is 6.35. The minimum Gasteiger partial charge on any atom is -0.311 e. The van der Waals surface area contributed by atoms with Crippen molar-refractivity contribution in [2.24, 2.45) is 0 Å². The number of rotatable bonds is 1. The van der Waals surface area contributed by atoms with Crippen LogP contribution in [0.2, 0.25) is 5.02 Å². The van der Waals surface area contributed by atoms with Gasteiger partial charge < -0.3 is 10.2 Å². The molecule has 1 N–H and O–H groups in total. The molecule has 2 aromatic rings. The van der Waals surface area contributed by atoms with Crippen LogP contribution in [0.3, 0.4) is 0 Å². The van der Waals surface area contributed by atoms with E-state index in [9.17, 15) is 4.79 Å². The molecule has 108 valence electrons. The Balaban J connectivity index is 2.03. The molecule has 2 aromatic carbocycles. The molecule has 0 aliphatic carbocycles. The van der Waals surface area contributed by atoms with Gasteiger partial charge in [0.05, 0.1) is 10.6 Å². The second-order valence-electron chi connectivity index (χ2n) is 5.20. The summed E-state index contributed by atoms with van der Waals surface area (Å²) in [7, 11) is 0. The van der Waals surface area contributed by atoms with E-state index in [1.165, 1.54) is 0 Å². The van der Waals surface area contributed by atoms with Crippen molar-refractivity contribution in [3.05, 3.63) is 64.2 Å². The van der Waals surface area contributed by atoms with Gasteiger partial charge in [-0.1, -0.05) is 41.9 Å². The van der Waals surface area contributed by atoms with Crippen molar-refractivity contribution in [1.29, 1.82) is 0 Å². The van der Waals surface area contributed by atoms with Crippen molar-refractivity contribution < 1.29 is 4.79 Å². The van der Waals surface area contributed by atoms with Crippen molar-refractivity contribution >= 4 is 23.2 Å². The van der Waals surface area contributed by atoms with Gasteiger partial charge in [-0.25, -0.2) is 0 Å². The maximum atomic E-state index is 12.9. The number of carbonyl (C=O) groups excluding carboxylic acids is 1. The third kappa shape index (κ3) is 2.67. The van der Waals surface area contributed by atoms with Crippen LogP contribution in [0.1, 0.15) is 21.5 Å². The first kappa shape index (κ1) is 14.1. The normalized spacial score (nSPS) is 14.5. The number of hydrogen-bond donors (Lipinski definition) is 1. The molecule has 0 spiro atoms. The molecule has 4 heteroatoms. The number of amides is 1. The second kappa shape index (κ2) is 5.88. The molecule has 1 amide bonds. The van der Waals surface area contributed by atoms with Crippen LogP contribution in [0.5, 0.6) is 0 Å². The van der Waals surface area contributed by atoms with Crippen LogP contribution in [0.15, 0.2) is 42.5 Å². The number of carbonyl (C=O) groups is 1. The zero-order chi connectivity index (χ0) is 14.8. The molecular formula is C17H17ClN2O. The fourth-order valence-electron chi connectivity index (χ4n) is 2.63. The molecule has 1 heterocycles. The molecule has 0 saturated heterocycles. The van der Waals surface area contributed by atoms with Gasteiger partial charge in [-0.05, 0) is 30.2 Å². The summed E-state index contributed by atoms with van der Waals surface area (Å²) < 4.78 is 0. The lowest BCUT2D eigenvalue weighted by atomic mass is 10.1. The molecule has 3 nitrogen and oxygen atoms in total. The van der Waals surface area contributed by atoms with Gasteiger partial charge in [0.25, 0.3) is 5.91 Å². The molecule has 0 unspecified atom stereocenters. The largest absolute Gasteiger partial charge is 0.311 e. The molecular weight excluding hydrogens is 284 g/mol. The van der Waals surface area contributed by atoms with E-state index in [-0.39, 0.29) is 5.91 Å². The van der Waals surface area contributed by atoms with Crippen LogP contribution in [0, 0.1) is 6.92 Å². The number of anilines is 1. The van der Waals surface area contributed by atoms with E-state index in [4.69, 9.17) is 11.6 Å². The summed E-state index contributed by atoms with van der Waals surface area (Å²) in [6.45, 7) is 4.10. The molecule has 21 heavy (non-hydrogen) atoms. The Labute approximate surface area is 129 Å². The predicted octanol–water partition coefficient (Wildman–Crippen LogP) is 3.40. The molecule has 0 saturated carbocycles. The number of nitrogens with one attached hydrogen (secondary N) is 1. The zero-order valence-corrected chi connectivity index (χ0v) is 12.7. The topological polar surface area (TPSA) is 32.3 Å². The van der Waals surface area contributed by atoms with Crippen LogP contribution >= 0.6 is 11.6 Å². The fourth-order valence-corrected chi connectivity index (χ4v) is 2.83. The first-order chi connectivity index (χ1) is 10.2. The Morgan fingerprint density at radius 3 is 2.86 bits per heavy atom. The minimum atomic E-state index is -0.0418. The predicted molar refractivity (Wildman–Crippen MR) is 86.0 cm³/mol. The van der Waals surface area contributed by atoms with Crippen molar-refractivity contribution in [3.63, 3.8) is 0 Å². The third-order valence-corrected chi connectivity index (χ3v) is 4.28. The summed E-state index contributed by atoms with van der Waals surface area (Å²) in [5, 5.41) is 3.88. The van der Waals surface area contributed by atoms with Gasteiger partial charge >= 0.3 is 0 Å². The molecule has 0 fully saturated rings. The van der Waals surface area contributed by atoms with E-state index in [0.29, 0.717) is 17.1 Å². The van der Waals surface area contributed by atoms with Crippen molar-refractivity contribution in [3.8, 4) is 0 Å². The highest BCUT2D eigenvalue weighted by Crippen LogP contribution is 2.27. The minimum absolute atomic E-state index is 0.0418. The summed E-state index contributed by atoms with van der Waals surface area (Å²) >= 11 is 6.31. The molecule has 0 radical (unpaired) electrons. The number of aryl methyl sites for hydroxylation is 1. The lowest BCUT2D eigenvalue weighted by Crippen LogP contribution is -2.35. The van der Waals surface area contributed by atoms with E-state index in [2.05, 4.69) is 5.32 Å². The summed E-state index contributed by atoms with van der Waals surface area (Å²) in [6, 6.07) is 13.6. The van der Waals surface area contributed by atoms with Gasteiger partial charge in [0, 0.05) is 25.3 Å². The van der Waals surface area contributed by atoms with Crippen LogP contribution in [0.25, 0.3) is 0 Å². The van der Waals surface area contributed by atoms with Crippen LogP contribution in [-0.2, 0) is 6.54 Å². The van der Waals surface area contributed by atoms with Gasteiger partial charge in [-0.3, -0.25) is 4.79 Å². The number of nitrogens with zero attached hydrogens (tertiary/aromatic N) is 1. The van der Waals surface area contributed by atoms with E-state index in [1.807, 2.05) is 48.2 Å². The average Bonchev–Trinajstić information content (AvgIpc) is 2.72. The second-order valence-corrected chi connectivity index (χ2v) is 5.58. The van der Waals surface area contributed by atoms with Crippen molar-refractivity contribution in [2.45, 2.75) is 13.5 Å². The molecule has 1 aliphatic rings. The van der Waals surface area contributed by atoms with Crippen molar-refractivity contribution in [2.75, 3.05) is 18.0 Å². The van der Waals surface area contributed by atoms with Crippen LogP contribution in [0.4, 0.5) is 5.69 Å². The highest BCUT2D eigenvalue weighted by Gasteiger charge is 2.23. The first-order valence-electron chi connectivity index (χ1n) is 7.04. The Morgan fingerprint density at radius 1 is 1.19 bits per heavy atom. The summed E-state index contributed by atoms with van der Waals surface area (Å²) in [5.74, 6) is -0.0418. The smallest absolute Gasteiger partial charge is 0.259 e. The molecule has 0 atom stereocenters. The van der Waals surface area contributed by atoms with Crippen LogP contribution < -0.4 is 10.2 Å². The maximum absolute atomic E-state index is 12.9. The number of hydrogen-bond acceptors (Lipinski definition) is 2. The van der Waals surface area contributed by atoms with E-state index in [1.54, 1.807) is 6.07 Å². The summed E-state index contributed by atoms with van der Waals surface area (Å²) in [4.78, 5) is 14.7. The van der Waals surface area contributed by atoms with Crippen molar-refractivity contribution in [1.82, 2.24) is 5.32 Å².